The normalized spacial score (nSPS) is 15.0. The van der Waals surface area contributed by atoms with Crippen LogP contribution in [0.25, 0.3) is 0 Å². The molecule has 2 N–H and O–H groups in total. The molecule has 0 unspecified atom stereocenters. The number of rotatable bonds is 9. The maximum absolute atomic E-state index is 13.2. The van der Waals surface area contributed by atoms with Crippen molar-refractivity contribution in [2.75, 3.05) is 56.7 Å². The zero-order valence-electron chi connectivity index (χ0n) is 21.3. The van der Waals surface area contributed by atoms with Crippen LogP contribution in [0.15, 0.2) is 42.7 Å². The molecule has 0 aliphatic carbocycles. The lowest BCUT2D eigenvalue weighted by Gasteiger charge is -2.26. The van der Waals surface area contributed by atoms with Gasteiger partial charge in [0.15, 0.2) is 0 Å². The summed E-state index contributed by atoms with van der Waals surface area (Å²) in [5.74, 6) is 1.22. The molecule has 11 heteroatoms. The molecular formula is C27H30N8O3. The van der Waals surface area contributed by atoms with Crippen LogP contribution in [0.4, 0.5) is 11.8 Å². The van der Waals surface area contributed by atoms with Gasteiger partial charge in [-0.25, -0.2) is 4.98 Å². The van der Waals surface area contributed by atoms with Gasteiger partial charge in [-0.05, 0) is 29.3 Å². The molecule has 0 spiro atoms. The van der Waals surface area contributed by atoms with Gasteiger partial charge in [0.2, 0.25) is 5.95 Å². The predicted octanol–water partition coefficient (Wildman–Crippen LogP) is 1.95. The van der Waals surface area contributed by atoms with Crippen LogP contribution in [-0.2, 0) is 24.4 Å². The number of nitrogens with one attached hydrogen (secondary N) is 2. The summed E-state index contributed by atoms with van der Waals surface area (Å²) < 4.78 is 10.6. The molecule has 2 aliphatic rings. The highest BCUT2D eigenvalue weighted by atomic mass is 16.5. The van der Waals surface area contributed by atoms with Gasteiger partial charge >= 0.3 is 0 Å². The van der Waals surface area contributed by atoms with E-state index in [1.54, 1.807) is 24.5 Å². The summed E-state index contributed by atoms with van der Waals surface area (Å²) in [6.45, 7) is 6.03. The zero-order valence-corrected chi connectivity index (χ0v) is 21.3. The highest BCUT2D eigenvalue weighted by Crippen LogP contribution is 2.26. The van der Waals surface area contributed by atoms with Gasteiger partial charge in [-0.1, -0.05) is 12.1 Å². The third-order valence-electron chi connectivity index (χ3n) is 6.65. The van der Waals surface area contributed by atoms with E-state index in [2.05, 4.69) is 31.6 Å². The van der Waals surface area contributed by atoms with Crippen molar-refractivity contribution < 1.29 is 14.3 Å². The van der Waals surface area contributed by atoms with Gasteiger partial charge in [0.05, 0.1) is 38.1 Å². The van der Waals surface area contributed by atoms with Gasteiger partial charge in [0.1, 0.15) is 23.2 Å². The standard InChI is InChI=1S/C27H30N8O3/c1-37-24-5-4-19(13-21(24)14-28)15-31-25-22(26(36)30-7-8-34-9-11-38-12-10-34)16-32-27(33-25)35-17-20-3-2-6-29-23(20)18-35/h2-6,13,16H,7-12,15,17-18H2,1H3,(H,30,36)(H,31,32,33). The first-order valence-electron chi connectivity index (χ1n) is 12.6. The van der Waals surface area contributed by atoms with Crippen LogP contribution in [0.1, 0.15) is 32.7 Å². The number of carbonyl (C=O) groups excluding carboxylic acids is 1. The fourth-order valence-electron chi connectivity index (χ4n) is 4.55. The Morgan fingerprint density at radius 3 is 2.87 bits per heavy atom. The van der Waals surface area contributed by atoms with Crippen molar-refractivity contribution in [3.8, 4) is 11.8 Å². The van der Waals surface area contributed by atoms with Crippen molar-refractivity contribution in [1.29, 1.82) is 5.26 Å². The Kier molecular flexibility index (Phi) is 7.92. The van der Waals surface area contributed by atoms with Crippen LogP contribution in [0.2, 0.25) is 0 Å². The molecule has 2 aliphatic heterocycles. The average Bonchev–Trinajstić information content (AvgIpc) is 3.41. The molecule has 11 nitrogen and oxygen atoms in total. The van der Waals surface area contributed by atoms with Gasteiger partial charge in [-0.2, -0.15) is 10.2 Å². The number of pyridine rings is 1. The second kappa shape index (κ2) is 11.9. The SMILES string of the molecule is COc1ccc(CNc2nc(N3Cc4cccnc4C3)ncc2C(=O)NCCN2CCOCC2)cc1C#N. The number of aromatic nitrogens is 3. The second-order valence-electron chi connectivity index (χ2n) is 9.11. The number of nitriles is 1. The van der Waals surface area contributed by atoms with E-state index in [9.17, 15) is 10.1 Å². The van der Waals surface area contributed by atoms with E-state index in [4.69, 9.17) is 14.5 Å². The molecule has 1 aromatic carbocycles. The fraction of sp³-hybridized carbons (Fsp3) is 0.370. The molecule has 1 saturated heterocycles. The summed E-state index contributed by atoms with van der Waals surface area (Å²) in [6.07, 6.45) is 3.35. The molecule has 3 aromatic rings. The first-order valence-corrected chi connectivity index (χ1v) is 12.6. The minimum atomic E-state index is -0.244. The van der Waals surface area contributed by atoms with Crippen LogP contribution in [0.3, 0.4) is 0 Å². The lowest BCUT2D eigenvalue weighted by Crippen LogP contribution is -2.41. The second-order valence-corrected chi connectivity index (χ2v) is 9.11. The van der Waals surface area contributed by atoms with Crippen molar-refractivity contribution in [2.24, 2.45) is 0 Å². The van der Waals surface area contributed by atoms with Crippen molar-refractivity contribution >= 4 is 17.7 Å². The molecule has 196 valence electrons. The molecule has 5 rings (SSSR count). The summed E-state index contributed by atoms with van der Waals surface area (Å²) in [5.41, 5.74) is 3.80. The van der Waals surface area contributed by atoms with Crippen molar-refractivity contribution in [3.63, 3.8) is 0 Å². The highest BCUT2D eigenvalue weighted by Gasteiger charge is 2.24. The van der Waals surface area contributed by atoms with Gasteiger partial charge in [0, 0.05) is 51.7 Å². The molecule has 2 aromatic heterocycles. The molecule has 0 atom stereocenters. The van der Waals surface area contributed by atoms with Crippen LogP contribution >= 0.6 is 0 Å². The Labute approximate surface area is 221 Å². The van der Waals surface area contributed by atoms with Crippen LogP contribution < -0.4 is 20.3 Å². The molecule has 1 amide bonds. The van der Waals surface area contributed by atoms with Crippen molar-refractivity contribution in [1.82, 2.24) is 25.2 Å². The number of carbonyl (C=O) groups is 1. The Morgan fingerprint density at radius 2 is 2.08 bits per heavy atom. The quantitative estimate of drug-likeness (QED) is 0.437. The maximum Gasteiger partial charge on any atom is 0.256 e. The summed E-state index contributed by atoms with van der Waals surface area (Å²) >= 11 is 0. The maximum atomic E-state index is 13.2. The summed E-state index contributed by atoms with van der Waals surface area (Å²) in [7, 11) is 1.53. The summed E-state index contributed by atoms with van der Waals surface area (Å²) in [6, 6.07) is 11.5. The van der Waals surface area contributed by atoms with Crippen LogP contribution in [-0.4, -0.2) is 72.3 Å². The molecule has 0 bridgehead atoms. The molecule has 0 radical (unpaired) electrons. The molecule has 1 fully saturated rings. The molecule has 38 heavy (non-hydrogen) atoms. The Morgan fingerprint density at radius 1 is 1.21 bits per heavy atom. The van der Waals surface area contributed by atoms with Crippen molar-refractivity contribution in [2.45, 2.75) is 19.6 Å². The summed E-state index contributed by atoms with van der Waals surface area (Å²) in [5, 5.41) is 15.7. The van der Waals surface area contributed by atoms with E-state index in [-0.39, 0.29) is 5.91 Å². The smallest absolute Gasteiger partial charge is 0.256 e. The van der Waals surface area contributed by atoms with Gasteiger partial charge in [0.25, 0.3) is 5.91 Å². The lowest BCUT2D eigenvalue weighted by molar-refractivity contribution is 0.0383. The lowest BCUT2D eigenvalue weighted by atomic mass is 10.1. The number of ether oxygens (including phenoxy) is 2. The largest absolute Gasteiger partial charge is 0.495 e. The molecule has 0 saturated carbocycles. The minimum absolute atomic E-state index is 0.244. The number of nitrogens with zero attached hydrogens (tertiary/aromatic N) is 6. The number of hydrogen-bond acceptors (Lipinski definition) is 10. The highest BCUT2D eigenvalue weighted by molar-refractivity contribution is 5.98. The Hall–Kier alpha value is -4.27. The van der Waals surface area contributed by atoms with E-state index in [1.165, 1.54) is 7.11 Å². The number of benzene rings is 1. The monoisotopic (exact) mass is 514 g/mol. The van der Waals surface area contributed by atoms with E-state index in [1.807, 2.05) is 23.1 Å². The first kappa shape index (κ1) is 25.4. The molecule has 4 heterocycles. The number of morpholine rings is 1. The fourth-order valence-corrected chi connectivity index (χ4v) is 4.55. The first-order chi connectivity index (χ1) is 18.6. The number of amides is 1. The third kappa shape index (κ3) is 5.82. The Bertz CT molecular complexity index is 1310. The third-order valence-corrected chi connectivity index (χ3v) is 6.65. The average molecular weight is 515 g/mol. The van der Waals surface area contributed by atoms with Gasteiger partial charge in [-0.3, -0.25) is 14.7 Å². The minimum Gasteiger partial charge on any atom is -0.495 e. The number of hydrogen-bond donors (Lipinski definition) is 2. The van der Waals surface area contributed by atoms with E-state index in [0.29, 0.717) is 68.0 Å². The van der Waals surface area contributed by atoms with Gasteiger partial charge < -0.3 is 25.0 Å². The topological polar surface area (TPSA) is 129 Å². The zero-order chi connectivity index (χ0) is 26.3. The predicted molar refractivity (Wildman–Crippen MR) is 141 cm³/mol. The number of anilines is 2. The number of fused-ring (bicyclic) bond motifs is 1. The van der Waals surface area contributed by atoms with Crippen LogP contribution in [0, 0.1) is 11.3 Å². The van der Waals surface area contributed by atoms with Crippen molar-refractivity contribution in [3.05, 3.63) is 70.7 Å². The van der Waals surface area contributed by atoms with E-state index < -0.39 is 0 Å². The van der Waals surface area contributed by atoms with Crippen LogP contribution in [0.5, 0.6) is 5.75 Å². The van der Waals surface area contributed by atoms with Gasteiger partial charge in [-0.15, -0.1) is 0 Å². The molecular weight excluding hydrogens is 484 g/mol. The van der Waals surface area contributed by atoms with E-state index in [0.717, 1.165) is 36.5 Å². The number of methoxy groups -OCH3 is 1. The summed E-state index contributed by atoms with van der Waals surface area (Å²) in [4.78, 5) is 31.2. The Balaban J connectivity index is 1.33. The van der Waals surface area contributed by atoms with E-state index >= 15 is 0 Å².